The number of carboxylic acid groups (broad SMARTS) is 1. The SMILES string of the molecule is CC[C@H]1OC(=O)[C@H](C)[C@@H](O[C@H]2C[C@@](C)(OC)[C@@H](OC(=O)CCOCCOCCCc3ccc4c(c3)c(=O)c(C(=O)O)cn4CC)[C@H](C)O2)[C@H](C)[C@@H](O[C@H]2O[C@@H](C)C[C@@H](N(C)C)[C@@H]2O)[C@](C)(OC)C[C@@H](C)C(=O)[C@H](C)[C@@H](O)[C@]1(C)O. The first-order valence-electron chi connectivity index (χ1n) is 28.0. The molecule has 4 N–H and O–H groups in total. The number of ether oxygens (including phenoxy) is 10. The van der Waals surface area contributed by atoms with Crippen LogP contribution in [0, 0.1) is 23.7 Å². The molecule has 448 valence electrons. The summed E-state index contributed by atoms with van der Waals surface area (Å²) in [5, 5.41) is 45.1. The number of aliphatic hydroxyl groups is 3. The molecular weight excluding hydrogens is 1030 g/mol. The number of Topliss-reactive ketones (excluding diaryl/α,β-unsaturated/α-hetero) is 1. The van der Waals surface area contributed by atoms with Crippen molar-refractivity contribution in [2.75, 3.05) is 54.7 Å². The molecule has 0 amide bonds. The first-order valence-corrected chi connectivity index (χ1v) is 28.0. The van der Waals surface area contributed by atoms with Crippen molar-refractivity contribution in [1.29, 1.82) is 0 Å². The minimum atomic E-state index is -2.03. The molecule has 0 bridgehead atoms. The van der Waals surface area contributed by atoms with Crippen molar-refractivity contribution in [1.82, 2.24) is 9.47 Å². The van der Waals surface area contributed by atoms with Crippen LogP contribution in [0.3, 0.4) is 0 Å². The number of carbonyl (C=O) groups is 4. The number of aryl methyl sites for hydroxylation is 2. The Morgan fingerprint density at radius 3 is 2.10 bits per heavy atom. The van der Waals surface area contributed by atoms with Gasteiger partial charge < -0.3 is 77.3 Å². The fraction of sp³-hybridized carbons (Fsp3) is 0.776. The average molecular weight is 1120 g/mol. The van der Waals surface area contributed by atoms with Gasteiger partial charge in [-0.1, -0.05) is 33.8 Å². The van der Waals surface area contributed by atoms with Crippen LogP contribution in [-0.4, -0.2) is 193 Å². The zero-order valence-corrected chi connectivity index (χ0v) is 49.3. The highest BCUT2D eigenvalue weighted by Crippen LogP contribution is 2.42. The Labute approximate surface area is 465 Å². The number of likely N-dealkylation sites (N-methyl/N-ethyl adjacent to an activating group) is 1. The Bertz CT molecular complexity index is 2410. The van der Waals surface area contributed by atoms with Gasteiger partial charge in [0.1, 0.15) is 34.8 Å². The zero-order chi connectivity index (χ0) is 58.9. The van der Waals surface area contributed by atoms with Crippen LogP contribution in [0.1, 0.15) is 131 Å². The van der Waals surface area contributed by atoms with Crippen LogP contribution in [0.15, 0.2) is 29.2 Å². The summed E-state index contributed by atoms with van der Waals surface area (Å²) >= 11 is 0. The van der Waals surface area contributed by atoms with E-state index in [2.05, 4.69) is 0 Å². The van der Waals surface area contributed by atoms with Crippen LogP contribution in [-0.2, 0) is 74.7 Å². The fourth-order valence-corrected chi connectivity index (χ4v) is 11.9. The molecule has 3 aliphatic rings. The highest BCUT2D eigenvalue weighted by atomic mass is 16.7. The van der Waals surface area contributed by atoms with Gasteiger partial charge in [-0.3, -0.25) is 19.2 Å². The lowest BCUT2D eigenvalue weighted by atomic mass is 9.74. The quantitative estimate of drug-likeness (QED) is 0.0938. The molecule has 3 fully saturated rings. The predicted octanol–water partition coefficient (Wildman–Crippen LogP) is 5.08. The maximum Gasteiger partial charge on any atom is 0.341 e. The number of aliphatic hydroxyl groups excluding tert-OH is 2. The molecule has 1 aromatic heterocycles. The van der Waals surface area contributed by atoms with Crippen molar-refractivity contribution in [2.24, 2.45) is 23.7 Å². The molecule has 1 aromatic carbocycles. The highest BCUT2D eigenvalue weighted by molar-refractivity contribution is 5.92. The second kappa shape index (κ2) is 28.3. The van der Waals surface area contributed by atoms with E-state index in [9.17, 15) is 44.4 Å². The Morgan fingerprint density at radius 1 is 0.848 bits per heavy atom. The zero-order valence-electron chi connectivity index (χ0n) is 49.3. The van der Waals surface area contributed by atoms with Crippen molar-refractivity contribution in [3.63, 3.8) is 0 Å². The number of carboxylic acids is 1. The molecule has 0 radical (unpaired) electrons. The number of fused-ring (bicyclic) bond motifs is 1. The maximum absolute atomic E-state index is 14.6. The summed E-state index contributed by atoms with van der Waals surface area (Å²) in [5.74, 6) is -6.67. The lowest BCUT2D eigenvalue weighted by Crippen LogP contribution is -2.61. The van der Waals surface area contributed by atoms with E-state index >= 15 is 0 Å². The summed E-state index contributed by atoms with van der Waals surface area (Å²) in [4.78, 5) is 68.6. The third-order valence-electron chi connectivity index (χ3n) is 16.8. The Morgan fingerprint density at radius 2 is 1.49 bits per heavy atom. The maximum atomic E-state index is 14.6. The number of hydrogen-bond donors (Lipinski definition) is 4. The van der Waals surface area contributed by atoms with E-state index in [-0.39, 0.29) is 69.0 Å². The first-order chi connectivity index (χ1) is 37.1. The molecule has 21 nitrogen and oxygen atoms in total. The molecule has 18 atom stereocenters. The number of ketones is 1. The molecule has 3 saturated heterocycles. The van der Waals surface area contributed by atoms with Crippen molar-refractivity contribution in [2.45, 2.75) is 212 Å². The van der Waals surface area contributed by atoms with Crippen molar-refractivity contribution >= 4 is 34.6 Å². The summed E-state index contributed by atoms with van der Waals surface area (Å²) < 4.78 is 64.4. The molecule has 3 aliphatic heterocycles. The third kappa shape index (κ3) is 15.6. The largest absolute Gasteiger partial charge is 0.477 e. The van der Waals surface area contributed by atoms with E-state index < -0.39 is 119 Å². The lowest BCUT2D eigenvalue weighted by Gasteiger charge is -2.50. The van der Waals surface area contributed by atoms with Gasteiger partial charge in [0.05, 0.1) is 73.8 Å². The smallest absolute Gasteiger partial charge is 0.341 e. The number of rotatable bonds is 21. The van der Waals surface area contributed by atoms with Crippen LogP contribution in [0.2, 0.25) is 0 Å². The van der Waals surface area contributed by atoms with E-state index in [4.69, 9.17) is 47.4 Å². The molecule has 0 aliphatic carbocycles. The third-order valence-corrected chi connectivity index (χ3v) is 16.8. The van der Waals surface area contributed by atoms with Gasteiger partial charge in [-0.05, 0) is 112 Å². The molecule has 2 aromatic rings. The lowest BCUT2D eigenvalue weighted by molar-refractivity contribution is -0.320. The van der Waals surface area contributed by atoms with Crippen LogP contribution < -0.4 is 5.43 Å². The standard InChI is InChI=1S/C58H92N2O19/c1-16-43-58(11,69)50(65)34(5)46(62)32(3)29-56(9,70-14)51(79-55-48(64)42(59(12)13)27-33(4)74-55)35(6)49(36(7)54(68)76-43)78-45-30-57(10,71-15)52(37(8)75-45)77-44(61)22-24-73-26-25-72-23-18-19-38-20-21-41-39(28-38)47(63)40(53(66)67)31-60(41)17-2/h20-21,28,31-37,42-43,45,48-52,55,64-65,69H,16-19,22-27,29-30H2,1-15H3,(H,66,67)/t32-,33+,34+,35+,36-,37+,42-,43-,45+,48+,49+,50-,51-,52+,55-,56-,57-,58-/m1/s1. The van der Waals surface area contributed by atoms with E-state index in [0.717, 1.165) is 5.56 Å². The van der Waals surface area contributed by atoms with Crippen LogP contribution in [0.5, 0.6) is 0 Å². The number of benzene rings is 1. The van der Waals surface area contributed by atoms with Gasteiger partial charge >= 0.3 is 17.9 Å². The van der Waals surface area contributed by atoms with Gasteiger partial charge in [0.15, 0.2) is 18.7 Å². The van der Waals surface area contributed by atoms with Gasteiger partial charge in [0.2, 0.25) is 5.43 Å². The van der Waals surface area contributed by atoms with E-state index in [0.29, 0.717) is 43.3 Å². The molecule has 0 spiro atoms. The normalized spacial score (nSPS) is 36.2. The van der Waals surface area contributed by atoms with E-state index in [1.165, 1.54) is 34.3 Å². The monoisotopic (exact) mass is 1120 g/mol. The summed E-state index contributed by atoms with van der Waals surface area (Å²) in [6.45, 7) is 20.3. The summed E-state index contributed by atoms with van der Waals surface area (Å²) in [6, 6.07) is 5.16. The minimum Gasteiger partial charge on any atom is -0.477 e. The van der Waals surface area contributed by atoms with Gasteiger partial charge in [-0.2, -0.15) is 0 Å². The summed E-state index contributed by atoms with van der Waals surface area (Å²) in [7, 11) is 6.71. The molecule has 4 heterocycles. The van der Waals surface area contributed by atoms with Crippen LogP contribution >= 0.6 is 0 Å². The number of hydrogen-bond acceptors (Lipinski definition) is 19. The minimum absolute atomic E-state index is 0.0249. The Kier molecular flexibility index (Phi) is 23.6. The summed E-state index contributed by atoms with van der Waals surface area (Å²) in [5.41, 5.74) is -3.76. The molecule has 79 heavy (non-hydrogen) atoms. The van der Waals surface area contributed by atoms with Crippen LogP contribution in [0.25, 0.3) is 10.9 Å². The number of aromatic carboxylic acids is 1. The number of carbonyl (C=O) groups excluding carboxylic acids is 3. The number of nitrogens with zero attached hydrogens (tertiary/aromatic N) is 2. The number of methoxy groups -OCH3 is 2. The topological polar surface area (TPSA) is 267 Å². The van der Waals surface area contributed by atoms with E-state index in [1.807, 2.05) is 51.9 Å². The second-order valence-corrected chi connectivity index (χ2v) is 23.0. The number of pyridine rings is 1. The van der Waals surface area contributed by atoms with Gasteiger partial charge in [-0.15, -0.1) is 0 Å². The van der Waals surface area contributed by atoms with Gasteiger partial charge in [-0.25, -0.2) is 4.79 Å². The fourth-order valence-electron chi connectivity index (χ4n) is 11.9. The summed E-state index contributed by atoms with van der Waals surface area (Å²) in [6.07, 6.45) is -7.13. The molecule has 21 heteroatoms. The number of aromatic nitrogens is 1. The molecule has 0 unspecified atom stereocenters. The van der Waals surface area contributed by atoms with Crippen LogP contribution in [0.4, 0.5) is 0 Å². The number of esters is 2. The second-order valence-electron chi connectivity index (χ2n) is 23.0. The van der Waals surface area contributed by atoms with Gasteiger partial charge in [0, 0.05) is 69.2 Å². The molecular formula is C58H92N2O19. The van der Waals surface area contributed by atoms with Gasteiger partial charge in [0.25, 0.3) is 0 Å². The Hall–Kier alpha value is -3.97. The number of cyclic esters (lactones) is 1. The average Bonchev–Trinajstić information content (AvgIpc) is 3.46. The van der Waals surface area contributed by atoms with Crippen molar-refractivity contribution in [3.8, 4) is 0 Å². The van der Waals surface area contributed by atoms with Crippen molar-refractivity contribution in [3.05, 3.63) is 45.7 Å². The predicted molar refractivity (Wildman–Crippen MR) is 290 cm³/mol. The molecule has 5 rings (SSSR count). The van der Waals surface area contributed by atoms with E-state index in [1.54, 1.807) is 52.2 Å². The highest BCUT2D eigenvalue weighted by Gasteiger charge is 2.55. The van der Waals surface area contributed by atoms with Crippen molar-refractivity contribution < 1.29 is 87.0 Å². The first kappa shape index (κ1) is 65.8. The Balaban J connectivity index is 1.27. The molecule has 0 saturated carbocycles.